The van der Waals surface area contributed by atoms with E-state index in [0.29, 0.717) is 5.69 Å². The van der Waals surface area contributed by atoms with Crippen molar-refractivity contribution >= 4 is 23.7 Å². The smallest absolute Gasteiger partial charge is 0.325 e. The number of rotatable bonds is 10. The van der Waals surface area contributed by atoms with E-state index in [1.165, 1.54) is 19.4 Å². The normalized spacial score (nSPS) is 14.2. The predicted octanol–water partition coefficient (Wildman–Crippen LogP) is -2.38. The molecule has 1 heterocycles. The van der Waals surface area contributed by atoms with Crippen molar-refractivity contribution in [2.45, 2.75) is 44.3 Å². The molecule has 0 aromatic carbocycles. The van der Waals surface area contributed by atoms with Crippen LogP contribution in [0, 0.1) is 0 Å². The molecule has 3 atom stereocenters. The van der Waals surface area contributed by atoms with Gasteiger partial charge < -0.3 is 32.2 Å². The highest BCUT2D eigenvalue weighted by atomic mass is 16.4. The Morgan fingerprint density at radius 1 is 1.28 bits per heavy atom. The van der Waals surface area contributed by atoms with Gasteiger partial charge in [0, 0.05) is 24.7 Å². The monoisotopic (exact) mass is 354 g/mol. The molecule has 0 bridgehead atoms. The van der Waals surface area contributed by atoms with Gasteiger partial charge in [-0.3, -0.25) is 19.2 Å². The maximum absolute atomic E-state index is 12.2. The van der Waals surface area contributed by atoms with E-state index in [4.69, 9.17) is 16.6 Å². The third kappa shape index (κ3) is 6.99. The first-order valence-electron chi connectivity index (χ1n) is 7.55. The summed E-state index contributed by atoms with van der Waals surface area (Å²) in [4.78, 5) is 52.7. The number of carboxylic acids is 1. The first kappa shape index (κ1) is 20.1. The molecule has 0 aliphatic carbocycles. The van der Waals surface area contributed by atoms with Gasteiger partial charge >= 0.3 is 5.97 Å². The Morgan fingerprint density at radius 3 is 2.48 bits per heavy atom. The topological polar surface area (TPSA) is 193 Å². The lowest BCUT2D eigenvalue weighted by atomic mass is 10.1. The lowest BCUT2D eigenvalue weighted by Crippen LogP contribution is -2.54. The van der Waals surface area contributed by atoms with Crippen molar-refractivity contribution in [1.82, 2.24) is 20.6 Å². The van der Waals surface area contributed by atoms with Gasteiger partial charge in [-0.15, -0.1) is 0 Å². The molecule has 0 spiro atoms. The minimum absolute atomic E-state index is 0.0734. The molecule has 11 nitrogen and oxygen atoms in total. The summed E-state index contributed by atoms with van der Waals surface area (Å²) in [5, 5.41) is 13.5. The molecule has 0 aliphatic rings. The summed E-state index contributed by atoms with van der Waals surface area (Å²) in [6.07, 6.45) is 2.89. The quantitative estimate of drug-likeness (QED) is 0.270. The Hall–Kier alpha value is -2.95. The zero-order valence-corrected chi connectivity index (χ0v) is 13.7. The lowest BCUT2D eigenvalue weighted by Gasteiger charge is -2.21. The molecule has 1 aromatic heterocycles. The summed E-state index contributed by atoms with van der Waals surface area (Å²) >= 11 is 0. The van der Waals surface area contributed by atoms with Crippen molar-refractivity contribution in [3.05, 3.63) is 18.2 Å². The number of carboxylic acid groups (broad SMARTS) is 1. The van der Waals surface area contributed by atoms with Crippen LogP contribution in [0.2, 0.25) is 0 Å². The first-order valence-corrected chi connectivity index (χ1v) is 7.55. The Balaban J connectivity index is 2.70. The second-order valence-electron chi connectivity index (χ2n) is 5.52. The number of hydrogen-bond donors (Lipinski definition) is 6. The molecule has 25 heavy (non-hydrogen) atoms. The number of aromatic nitrogens is 2. The number of carbonyl (C=O) groups is 4. The van der Waals surface area contributed by atoms with Crippen molar-refractivity contribution < 1.29 is 24.3 Å². The molecule has 0 unspecified atom stereocenters. The summed E-state index contributed by atoms with van der Waals surface area (Å²) in [7, 11) is 0. The van der Waals surface area contributed by atoms with Crippen molar-refractivity contribution in [3.8, 4) is 0 Å². The summed E-state index contributed by atoms with van der Waals surface area (Å²) in [5.41, 5.74) is 11.5. The minimum Gasteiger partial charge on any atom is -0.480 e. The van der Waals surface area contributed by atoms with Crippen LogP contribution < -0.4 is 22.1 Å². The van der Waals surface area contributed by atoms with Gasteiger partial charge in [-0.1, -0.05) is 0 Å². The van der Waals surface area contributed by atoms with Gasteiger partial charge in [-0.2, -0.15) is 0 Å². The van der Waals surface area contributed by atoms with Crippen LogP contribution >= 0.6 is 0 Å². The van der Waals surface area contributed by atoms with Gasteiger partial charge in [-0.25, -0.2) is 4.98 Å². The van der Waals surface area contributed by atoms with Gasteiger partial charge in [0.05, 0.1) is 12.4 Å². The van der Waals surface area contributed by atoms with E-state index in [1.807, 2.05) is 0 Å². The number of nitrogens with one attached hydrogen (secondary N) is 3. The van der Waals surface area contributed by atoms with E-state index >= 15 is 0 Å². The molecular weight excluding hydrogens is 332 g/mol. The zero-order valence-electron chi connectivity index (χ0n) is 13.7. The maximum atomic E-state index is 12.2. The second-order valence-corrected chi connectivity index (χ2v) is 5.52. The fourth-order valence-corrected chi connectivity index (χ4v) is 1.94. The molecular formula is C14H22N6O5. The zero-order chi connectivity index (χ0) is 19.0. The molecule has 0 saturated heterocycles. The minimum atomic E-state index is -1.23. The number of hydrogen-bond acceptors (Lipinski definition) is 6. The van der Waals surface area contributed by atoms with Crippen LogP contribution in [0.25, 0.3) is 0 Å². The predicted molar refractivity (Wildman–Crippen MR) is 85.9 cm³/mol. The maximum Gasteiger partial charge on any atom is 0.325 e. The number of H-pyrrole nitrogens is 1. The molecule has 0 saturated carbocycles. The molecule has 138 valence electrons. The van der Waals surface area contributed by atoms with Crippen LogP contribution in [0.3, 0.4) is 0 Å². The Kier molecular flexibility index (Phi) is 7.53. The van der Waals surface area contributed by atoms with Crippen molar-refractivity contribution in [3.63, 3.8) is 0 Å². The van der Waals surface area contributed by atoms with E-state index in [0.717, 1.165) is 0 Å². The average molecular weight is 354 g/mol. The molecule has 0 radical (unpaired) electrons. The second kappa shape index (κ2) is 9.37. The molecule has 3 amide bonds. The van der Waals surface area contributed by atoms with E-state index in [-0.39, 0.29) is 19.3 Å². The van der Waals surface area contributed by atoms with Crippen LogP contribution in [0.5, 0.6) is 0 Å². The first-order chi connectivity index (χ1) is 11.7. The number of carbonyl (C=O) groups excluding carboxylic acids is 3. The fraction of sp³-hybridized carbons (Fsp3) is 0.500. The summed E-state index contributed by atoms with van der Waals surface area (Å²) < 4.78 is 0. The van der Waals surface area contributed by atoms with E-state index < -0.39 is 41.8 Å². The van der Waals surface area contributed by atoms with Crippen LogP contribution in [0.4, 0.5) is 0 Å². The van der Waals surface area contributed by atoms with Crippen LogP contribution in [-0.4, -0.2) is 56.9 Å². The van der Waals surface area contributed by atoms with E-state index in [1.54, 1.807) is 0 Å². The Morgan fingerprint density at radius 2 is 1.96 bits per heavy atom. The van der Waals surface area contributed by atoms with Gasteiger partial charge in [0.1, 0.15) is 12.1 Å². The largest absolute Gasteiger partial charge is 0.480 e. The van der Waals surface area contributed by atoms with Crippen molar-refractivity contribution in [2.75, 3.05) is 0 Å². The third-order valence-electron chi connectivity index (χ3n) is 3.37. The third-order valence-corrected chi connectivity index (χ3v) is 3.37. The summed E-state index contributed by atoms with van der Waals surface area (Å²) in [6.45, 7) is 1.27. The SMILES string of the molecule is C[C@H](NC(=O)[C@H](CCC(N)=O)NC(=O)[C@@H](N)Cc1cnc[nH]1)C(=O)O. The number of imidazole rings is 1. The van der Waals surface area contributed by atoms with E-state index in [9.17, 15) is 19.2 Å². The number of amides is 3. The van der Waals surface area contributed by atoms with Crippen LogP contribution in [0.1, 0.15) is 25.5 Å². The van der Waals surface area contributed by atoms with Gasteiger partial charge in [0.15, 0.2) is 0 Å². The van der Waals surface area contributed by atoms with Crippen molar-refractivity contribution in [2.24, 2.45) is 11.5 Å². The lowest BCUT2D eigenvalue weighted by molar-refractivity contribution is -0.141. The number of nitrogens with zero attached hydrogens (tertiary/aromatic N) is 1. The number of primary amides is 1. The van der Waals surface area contributed by atoms with Crippen molar-refractivity contribution in [1.29, 1.82) is 0 Å². The van der Waals surface area contributed by atoms with Crippen LogP contribution in [-0.2, 0) is 25.6 Å². The highest BCUT2D eigenvalue weighted by Gasteiger charge is 2.26. The molecule has 0 fully saturated rings. The van der Waals surface area contributed by atoms with Gasteiger partial charge in [-0.05, 0) is 13.3 Å². The Labute approximate surface area is 143 Å². The average Bonchev–Trinajstić information content (AvgIpc) is 3.03. The highest BCUT2D eigenvalue weighted by Crippen LogP contribution is 2.02. The molecule has 8 N–H and O–H groups in total. The molecule has 0 aliphatic heterocycles. The number of aliphatic carboxylic acids is 1. The van der Waals surface area contributed by atoms with E-state index in [2.05, 4.69) is 20.6 Å². The van der Waals surface area contributed by atoms with Gasteiger partial charge in [0.25, 0.3) is 0 Å². The van der Waals surface area contributed by atoms with Gasteiger partial charge in [0.2, 0.25) is 17.7 Å². The summed E-state index contributed by atoms with van der Waals surface area (Å²) in [5.74, 6) is -3.25. The fourth-order valence-electron chi connectivity index (χ4n) is 1.94. The Bertz CT molecular complexity index is 617. The number of nitrogens with two attached hydrogens (primary N) is 2. The number of aromatic amines is 1. The van der Waals surface area contributed by atoms with Crippen LogP contribution in [0.15, 0.2) is 12.5 Å². The molecule has 11 heteroatoms. The highest BCUT2D eigenvalue weighted by molar-refractivity contribution is 5.92. The molecule has 1 rings (SSSR count). The standard InChI is InChI=1S/C14H22N6O5/c1-7(14(24)25)19-13(23)10(2-3-11(16)21)20-12(22)9(15)4-8-5-17-6-18-8/h5-7,9-10H,2-4,15H2,1H3,(H2,16,21)(H,17,18)(H,19,23)(H,20,22)(H,24,25)/t7-,9-,10-/m0/s1. The summed E-state index contributed by atoms with van der Waals surface area (Å²) in [6, 6.07) is -3.24. The molecule has 1 aromatic rings.